The topological polar surface area (TPSA) is 47.3 Å². The van der Waals surface area contributed by atoms with Crippen LogP contribution < -0.4 is 16.0 Å². The zero-order valence-corrected chi connectivity index (χ0v) is 13.3. The second kappa shape index (κ2) is 6.88. The maximum absolute atomic E-state index is 5.71. The molecule has 0 saturated heterocycles. The molecule has 1 atom stereocenters. The smallest absolute Gasteiger partial charge is 0.133 e. The molecule has 2 aromatic rings. The molecule has 2 rings (SSSR count). The third-order valence-electron chi connectivity index (χ3n) is 3.34. The molecule has 0 saturated carbocycles. The van der Waals surface area contributed by atoms with Gasteiger partial charge >= 0.3 is 0 Å². The predicted molar refractivity (Wildman–Crippen MR) is 85.6 cm³/mol. The second-order valence-corrected chi connectivity index (χ2v) is 5.66. The number of aryl methyl sites for hydroxylation is 1. The van der Waals surface area contributed by atoms with E-state index in [9.17, 15) is 0 Å². The van der Waals surface area contributed by atoms with Crippen molar-refractivity contribution >= 4 is 15.9 Å². The fourth-order valence-electron chi connectivity index (χ4n) is 2.13. The summed E-state index contributed by atoms with van der Waals surface area (Å²) in [5, 5.41) is 0. The zero-order chi connectivity index (χ0) is 14.5. The maximum Gasteiger partial charge on any atom is 0.133 e. The van der Waals surface area contributed by atoms with E-state index >= 15 is 0 Å². The van der Waals surface area contributed by atoms with Gasteiger partial charge in [0, 0.05) is 0 Å². The molecule has 0 aliphatic rings. The lowest BCUT2D eigenvalue weighted by molar-refractivity contribution is 0.411. The first-order valence-electron chi connectivity index (χ1n) is 6.49. The Morgan fingerprint density at radius 3 is 2.45 bits per heavy atom. The summed E-state index contributed by atoms with van der Waals surface area (Å²) < 4.78 is 6.18. The van der Waals surface area contributed by atoms with Crippen LogP contribution in [0.3, 0.4) is 0 Å². The van der Waals surface area contributed by atoms with Crippen molar-refractivity contribution in [1.82, 2.24) is 5.43 Å². The Bertz CT molecular complexity index is 569. The molecule has 2 aromatic carbocycles. The van der Waals surface area contributed by atoms with Crippen molar-refractivity contribution in [2.45, 2.75) is 19.4 Å². The highest BCUT2D eigenvalue weighted by Gasteiger charge is 2.12. The van der Waals surface area contributed by atoms with Gasteiger partial charge in [0.15, 0.2) is 0 Å². The first kappa shape index (κ1) is 15.0. The Labute approximate surface area is 128 Å². The van der Waals surface area contributed by atoms with E-state index in [1.54, 1.807) is 7.11 Å². The predicted octanol–water partition coefficient (Wildman–Crippen LogP) is 3.51. The molecule has 20 heavy (non-hydrogen) atoms. The molecule has 1 unspecified atom stereocenters. The number of hydrogen-bond donors (Lipinski definition) is 2. The standard InChI is InChI=1S/C16H19BrN2O/c1-11-3-5-12(6-4-11)9-15(19-18)13-7-8-16(20-2)14(17)10-13/h3-8,10,15,19H,9,18H2,1-2H3. The van der Waals surface area contributed by atoms with E-state index in [4.69, 9.17) is 10.6 Å². The number of nitrogens with two attached hydrogens (primary N) is 1. The van der Waals surface area contributed by atoms with Gasteiger partial charge in [-0.15, -0.1) is 0 Å². The van der Waals surface area contributed by atoms with E-state index in [2.05, 4.69) is 52.5 Å². The van der Waals surface area contributed by atoms with Crippen LogP contribution in [-0.2, 0) is 6.42 Å². The number of hydrazine groups is 1. The minimum absolute atomic E-state index is 0.0694. The van der Waals surface area contributed by atoms with Gasteiger partial charge in [-0.3, -0.25) is 11.3 Å². The number of ether oxygens (including phenoxy) is 1. The highest BCUT2D eigenvalue weighted by atomic mass is 79.9. The number of methoxy groups -OCH3 is 1. The molecule has 0 bridgehead atoms. The first-order chi connectivity index (χ1) is 9.63. The first-order valence-corrected chi connectivity index (χ1v) is 7.28. The number of rotatable bonds is 5. The highest BCUT2D eigenvalue weighted by molar-refractivity contribution is 9.10. The Hall–Kier alpha value is -1.36. The summed E-state index contributed by atoms with van der Waals surface area (Å²) >= 11 is 3.51. The number of benzene rings is 2. The van der Waals surface area contributed by atoms with Gasteiger partial charge in [0.2, 0.25) is 0 Å². The molecule has 3 N–H and O–H groups in total. The van der Waals surface area contributed by atoms with Crippen LogP contribution in [0.15, 0.2) is 46.9 Å². The third-order valence-corrected chi connectivity index (χ3v) is 3.96. The van der Waals surface area contributed by atoms with Crippen molar-refractivity contribution in [2.75, 3.05) is 7.11 Å². The fraction of sp³-hybridized carbons (Fsp3) is 0.250. The van der Waals surface area contributed by atoms with Gasteiger partial charge in [-0.05, 0) is 52.5 Å². The largest absolute Gasteiger partial charge is 0.496 e. The highest BCUT2D eigenvalue weighted by Crippen LogP contribution is 2.29. The molecule has 0 aliphatic carbocycles. The van der Waals surface area contributed by atoms with Crippen molar-refractivity contribution in [3.05, 3.63) is 63.6 Å². The van der Waals surface area contributed by atoms with Crippen LogP contribution in [0, 0.1) is 6.92 Å². The summed E-state index contributed by atoms with van der Waals surface area (Å²) in [6.45, 7) is 2.09. The van der Waals surface area contributed by atoms with E-state index in [1.807, 2.05) is 18.2 Å². The van der Waals surface area contributed by atoms with Crippen molar-refractivity contribution in [3.8, 4) is 5.75 Å². The van der Waals surface area contributed by atoms with E-state index in [1.165, 1.54) is 11.1 Å². The molecular formula is C16H19BrN2O. The number of nitrogens with one attached hydrogen (secondary N) is 1. The van der Waals surface area contributed by atoms with Crippen LogP contribution in [0.5, 0.6) is 5.75 Å². The molecular weight excluding hydrogens is 316 g/mol. The molecule has 0 amide bonds. The van der Waals surface area contributed by atoms with Gasteiger partial charge in [-0.1, -0.05) is 35.9 Å². The van der Waals surface area contributed by atoms with Crippen molar-refractivity contribution in [2.24, 2.45) is 5.84 Å². The summed E-state index contributed by atoms with van der Waals surface area (Å²) in [5.41, 5.74) is 6.53. The monoisotopic (exact) mass is 334 g/mol. The molecule has 0 heterocycles. The van der Waals surface area contributed by atoms with E-state index < -0.39 is 0 Å². The minimum Gasteiger partial charge on any atom is -0.496 e. The lowest BCUT2D eigenvalue weighted by atomic mass is 9.99. The molecule has 0 fully saturated rings. The van der Waals surface area contributed by atoms with Crippen LogP contribution in [0.2, 0.25) is 0 Å². The quantitative estimate of drug-likeness (QED) is 0.649. The lowest BCUT2D eigenvalue weighted by Gasteiger charge is -2.17. The average molecular weight is 335 g/mol. The van der Waals surface area contributed by atoms with E-state index in [-0.39, 0.29) is 6.04 Å². The Morgan fingerprint density at radius 2 is 1.90 bits per heavy atom. The van der Waals surface area contributed by atoms with Gasteiger partial charge in [0.1, 0.15) is 5.75 Å². The summed E-state index contributed by atoms with van der Waals surface area (Å²) in [6.07, 6.45) is 0.843. The van der Waals surface area contributed by atoms with Crippen molar-refractivity contribution in [3.63, 3.8) is 0 Å². The van der Waals surface area contributed by atoms with Gasteiger partial charge in [-0.2, -0.15) is 0 Å². The van der Waals surface area contributed by atoms with Gasteiger partial charge < -0.3 is 4.74 Å². The molecule has 106 valence electrons. The molecule has 0 aromatic heterocycles. The third kappa shape index (κ3) is 3.60. The van der Waals surface area contributed by atoms with Gasteiger partial charge in [0.25, 0.3) is 0 Å². The summed E-state index contributed by atoms with van der Waals surface area (Å²) in [6, 6.07) is 14.6. The Balaban J connectivity index is 2.19. The summed E-state index contributed by atoms with van der Waals surface area (Å²) in [4.78, 5) is 0. The Kier molecular flexibility index (Phi) is 5.17. The molecule has 0 radical (unpaired) electrons. The van der Waals surface area contributed by atoms with Crippen LogP contribution in [-0.4, -0.2) is 7.11 Å². The fourth-order valence-corrected chi connectivity index (χ4v) is 2.69. The van der Waals surface area contributed by atoms with Crippen LogP contribution in [0.4, 0.5) is 0 Å². The SMILES string of the molecule is COc1ccc(C(Cc2ccc(C)cc2)NN)cc1Br. The molecule has 4 heteroatoms. The average Bonchev–Trinajstić information content (AvgIpc) is 2.46. The van der Waals surface area contributed by atoms with Gasteiger partial charge in [0.05, 0.1) is 17.6 Å². The Morgan fingerprint density at radius 1 is 1.20 bits per heavy atom. The number of halogens is 1. The van der Waals surface area contributed by atoms with E-state index in [0.29, 0.717) is 0 Å². The molecule has 3 nitrogen and oxygen atoms in total. The number of hydrogen-bond acceptors (Lipinski definition) is 3. The van der Waals surface area contributed by atoms with Crippen molar-refractivity contribution < 1.29 is 4.74 Å². The van der Waals surface area contributed by atoms with Crippen LogP contribution in [0.1, 0.15) is 22.7 Å². The normalized spacial score (nSPS) is 12.2. The van der Waals surface area contributed by atoms with Crippen LogP contribution >= 0.6 is 15.9 Å². The summed E-state index contributed by atoms with van der Waals surface area (Å²) in [7, 11) is 1.66. The lowest BCUT2D eigenvalue weighted by Crippen LogP contribution is -2.29. The van der Waals surface area contributed by atoms with Gasteiger partial charge in [-0.25, -0.2) is 0 Å². The zero-order valence-electron chi connectivity index (χ0n) is 11.7. The van der Waals surface area contributed by atoms with Crippen molar-refractivity contribution in [1.29, 1.82) is 0 Å². The molecule has 0 aliphatic heterocycles. The maximum atomic E-state index is 5.71. The molecule has 0 spiro atoms. The summed E-state index contributed by atoms with van der Waals surface area (Å²) in [5.74, 6) is 6.53. The second-order valence-electron chi connectivity index (χ2n) is 4.80. The van der Waals surface area contributed by atoms with Crippen LogP contribution in [0.25, 0.3) is 0 Å². The van der Waals surface area contributed by atoms with E-state index in [0.717, 1.165) is 22.2 Å². The minimum atomic E-state index is 0.0694.